The fraction of sp³-hybridized carbons (Fsp3) is 0.500. The Kier molecular flexibility index (Phi) is 6.32. The van der Waals surface area contributed by atoms with E-state index in [0.29, 0.717) is 12.3 Å². The standard InChI is InChI=1S/C14H21NO4/c1-15(7-4-8-18-2)10-12-9-11(14(16)17)5-6-13(12)19-3/h5-6,9H,4,7-8,10H2,1-3H3,(H,16,17). The first kappa shape index (κ1) is 15.5. The molecule has 0 heterocycles. The van der Waals surface area contributed by atoms with E-state index in [-0.39, 0.29) is 5.56 Å². The van der Waals surface area contributed by atoms with Gasteiger partial charge in [-0.15, -0.1) is 0 Å². The van der Waals surface area contributed by atoms with E-state index in [1.165, 1.54) is 0 Å². The van der Waals surface area contributed by atoms with Crippen LogP contribution in [-0.2, 0) is 11.3 Å². The third kappa shape index (κ3) is 4.89. The maximum absolute atomic E-state index is 11.0. The van der Waals surface area contributed by atoms with E-state index in [9.17, 15) is 4.79 Å². The molecule has 0 amide bonds. The highest BCUT2D eigenvalue weighted by molar-refractivity contribution is 5.88. The molecule has 1 N–H and O–H groups in total. The van der Waals surface area contributed by atoms with Crippen LogP contribution in [0.5, 0.6) is 5.75 Å². The lowest BCUT2D eigenvalue weighted by molar-refractivity contribution is 0.0696. The lowest BCUT2D eigenvalue weighted by Crippen LogP contribution is -2.20. The van der Waals surface area contributed by atoms with Gasteiger partial charge in [-0.3, -0.25) is 0 Å². The largest absolute Gasteiger partial charge is 0.496 e. The van der Waals surface area contributed by atoms with E-state index < -0.39 is 5.97 Å². The highest BCUT2D eigenvalue weighted by atomic mass is 16.5. The highest BCUT2D eigenvalue weighted by Crippen LogP contribution is 2.21. The SMILES string of the molecule is COCCCN(C)Cc1cc(C(=O)O)ccc1OC. The summed E-state index contributed by atoms with van der Waals surface area (Å²) in [7, 11) is 5.26. The van der Waals surface area contributed by atoms with Crippen LogP contribution < -0.4 is 4.74 Å². The monoisotopic (exact) mass is 267 g/mol. The lowest BCUT2D eigenvalue weighted by Gasteiger charge is -2.18. The van der Waals surface area contributed by atoms with Gasteiger partial charge in [0.15, 0.2) is 0 Å². The molecule has 0 aromatic heterocycles. The van der Waals surface area contributed by atoms with Crippen molar-refractivity contribution in [1.29, 1.82) is 0 Å². The summed E-state index contributed by atoms with van der Waals surface area (Å²) in [6, 6.07) is 4.91. The number of rotatable bonds is 8. The van der Waals surface area contributed by atoms with Crippen molar-refractivity contribution in [1.82, 2.24) is 4.90 Å². The number of carboxylic acid groups (broad SMARTS) is 1. The van der Waals surface area contributed by atoms with Gasteiger partial charge in [-0.2, -0.15) is 0 Å². The molecule has 0 aliphatic rings. The number of benzene rings is 1. The minimum atomic E-state index is -0.925. The van der Waals surface area contributed by atoms with Gasteiger partial charge in [0, 0.05) is 32.4 Å². The van der Waals surface area contributed by atoms with Crippen LogP contribution in [0.15, 0.2) is 18.2 Å². The summed E-state index contributed by atoms with van der Waals surface area (Å²) in [5.41, 5.74) is 1.16. The van der Waals surface area contributed by atoms with Gasteiger partial charge in [-0.05, 0) is 31.7 Å². The molecule has 0 atom stereocenters. The van der Waals surface area contributed by atoms with Crippen molar-refractivity contribution in [3.8, 4) is 5.75 Å². The van der Waals surface area contributed by atoms with Crippen LogP contribution in [0.25, 0.3) is 0 Å². The Morgan fingerprint density at radius 1 is 1.37 bits per heavy atom. The van der Waals surface area contributed by atoms with Crippen molar-refractivity contribution in [2.75, 3.05) is 34.4 Å². The maximum Gasteiger partial charge on any atom is 0.335 e. The van der Waals surface area contributed by atoms with Gasteiger partial charge >= 0.3 is 5.97 Å². The van der Waals surface area contributed by atoms with E-state index in [0.717, 1.165) is 25.1 Å². The van der Waals surface area contributed by atoms with Gasteiger partial charge in [0.05, 0.1) is 12.7 Å². The molecule has 0 spiro atoms. The molecular formula is C14H21NO4. The predicted octanol–water partition coefficient (Wildman–Crippen LogP) is 1.86. The molecule has 0 saturated carbocycles. The zero-order chi connectivity index (χ0) is 14.3. The Hall–Kier alpha value is -1.59. The third-order valence-electron chi connectivity index (χ3n) is 2.86. The summed E-state index contributed by atoms with van der Waals surface area (Å²) in [6.45, 7) is 2.25. The van der Waals surface area contributed by atoms with E-state index in [4.69, 9.17) is 14.6 Å². The van der Waals surface area contributed by atoms with Crippen LogP contribution in [0, 0.1) is 0 Å². The van der Waals surface area contributed by atoms with Gasteiger partial charge in [-0.1, -0.05) is 0 Å². The molecule has 5 nitrogen and oxygen atoms in total. The second-order valence-corrected chi connectivity index (χ2v) is 4.42. The topological polar surface area (TPSA) is 59.0 Å². The number of aromatic carboxylic acids is 1. The van der Waals surface area contributed by atoms with E-state index >= 15 is 0 Å². The minimum Gasteiger partial charge on any atom is -0.496 e. The zero-order valence-electron chi connectivity index (χ0n) is 11.7. The Morgan fingerprint density at radius 2 is 2.11 bits per heavy atom. The van der Waals surface area contributed by atoms with Gasteiger partial charge in [0.1, 0.15) is 5.75 Å². The molecule has 1 aromatic rings. The Labute approximate surface area is 113 Å². The molecule has 0 radical (unpaired) electrons. The van der Waals surface area contributed by atoms with Gasteiger partial charge in [-0.25, -0.2) is 4.79 Å². The van der Waals surface area contributed by atoms with Crippen LogP contribution in [-0.4, -0.2) is 50.4 Å². The number of nitrogens with zero attached hydrogens (tertiary/aromatic N) is 1. The highest BCUT2D eigenvalue weighted by Gasteiger charge is 2.10. The molecule has 1 rings (SSSR count). The first-order chi connectivity index (χ1) is 9.08. The van der Waals surface area contributed by atoms with Crippen molar-refractivity contribution in [3.63, 3.8) is 0 Å². The molecule has 0 aliphatic heterocycles. The predicted molar refractivity (Wildman–Crippen MR) is 72.8 cm³/mol. The van der Waals surface area contributed by atoms with Crippen molar-refractivity contribution in [3.05, 3.63) is 29.3 Å². The Bertz CT molecular complexity index is 420. The van der Waals surface area contributed by atoms with Crippen molar-refractivity contribution in [2.24, 2.45) is 0 Å². The van der Waals surface area contributed by atoms with E-state index in [1.54, 1.807) is 32.4 Å². The summed E-state index contributed by atoms with van der Waals surface area (Å²) >= 11 is 0. The zero-order valence-corrected chi connectivity index (χ0v) is 11.7. The average molecular weight is 267 g/mol. The van der Waals surface area contributed by atoms with Crippen LogP contribution in [0.2, 0.25) is 0 Å². The maximum atomic E-state index is 11.0. The quantitative estimate of drug-likeness (QED) is 0.729. The van der Waals surface area contributed by atoms with Gasteiger partial charge in [0.2, 0.25) is 0 Å². The van der Waals surface area contributed by atoms with E-state index in [2.05, 4.69) is 4.90 Å². The number of carbonyl (C=O) groups is 1. The number of hydrogen-bond acceptors (Lipinski definition) is 4. The number of ether oxygens (including phenoxy) is 2. The van der Waals surface area contributed by atoms with E-state index in [1.807, 2.05) is 7.05 Å². The first-order valence-corrected chi connectivity index (χ1v) is 6.16. The minimum absolute atomic E-state index is 0.279. The molecule has 0 unspecified atom stereocenters. The molecule has 0 bridgehead atoms. The van der Waals surface area contributed by atoms with Crippen LogP contribution in [0.1, 0.15) is 22.3 Å². The number of hydrogen-bond donors (Lipinski definition) is 1. The smallest absolute Gasteiger partial charge is 0.335 e. The summed E-state index contributed by atoms with van der Waals surface area (Å²) in [6.07, 6.45) is 0.938. The lowest BCUT2D eigenvalue weighted by atomic mass is 10.1. The summed E-state index contributed by atoms with van der Waals surface area (Å²) in [4.78, 5) is 13.1. The fourth-order valence-electron chi connectivity index (χ4n) is 1.88. The van der Waals surface area contributed by atoms with Crippen LogP contribution in [0.3, 0.4) is 0 Å². The summed E-state index contributed by atoms with van der Waals surface area (Å²) in [5, 5.41) is 9.01. The molecule has 0 aliphatic carbocycles. The van der Waals surface area contributed by atoms with Crippen molar-refractivity contribution >= 4 is 5.97 Å². The van der Waals surface area contributed by atoms with Crippen molar-refractivity contribution in [2.45, 2.75) is 13.0 Å². The van der Waals surface area contributed by atoms with Crippen molar-refractivity contribution < 1.29 is 19.4 Å². The number of carboxylic acids is 1. The number of methoxy groups -OCH3 is 2. The molecular weight excluding hydrogens is 246 g/mol. The molecule has 19 heavy (non-hydrogen) atoms. The summed E-state index contributed by atoms with van der Waals surface area (Å²) in [5.74, 6) is -0.213. The Morgan fingerprint density at radius 3 is 2.68 bits per heavy atom. The molecule has 0 fully saturated rings. The van der Waals surface area contributed by atoms with Crippen LogP contribution in [0.4, 0.5) is 0 Å². The van der Waals surface area contributed by atoms with Gasteiger partial charge < -0.3 is 19.5 Å². The van der Waals surface area contributed by atoms with Crippen LogP contribution >= 0.6 is 0 Å². The second kappa shape index (κ2) is 7.76. The summed E-state index contributed by atoms with van der Waals surface area (Å²) < 4.78 is 10.3. The molecule has 5 heteroatoms. The second-order valence-electron chi connectivity index (χ2n) is 4.42. The third-order valence-corrected chi connectivity index (χ3v) is 2.86. The fourth-order valence-corrected chi connectivity index (χ4v) is 1.88. The molecule has 0 saturated heterocycles. The Balaban J connectivity index is 2.74. The molecule has 106 valence electrons. The first-order valence-electron chi connectivity index (χ1n) is 6.16. The normalized spacial score (nSPS) is 10.7. The molecule has 1 aromatic carbocycles. The average Bonchev–Trinajstić information content (AvgIpc) is 2.38. The van der Waals surface area contributed by atoms with Gasteiger partial charge in [0.25, 0.3) is 0 Å².